The number of hydrogen-bond acceptors (Lipinski definition) is 2. The van der Waals surface area contributed by atoms with Gasteiger partial charge in [0.25, 0.3) is 0 Å². The Kier molecular flexibility index (Phi) is 2.68. The van der Waals surface area contributed by atoms with Crippen LogP contribution in [0, 0.1) is 4.77 Å². The Morgan fingerprint density at radius 2 is 2.28 bits per heavy atom. The van der Waals surface area contributed by atoms with Crippen LogP contribution in [0.25, 0.3) is 11.0 Å². The lowest BCUT2D eigenvalue weighted by atomic mass is 10.2. The maximum Gasteiger partial charge on any atom is 0.245 e. The molecule has 0 bridgehead atoms. The Morgan fingerprint density at radius 1 is 1.50 bits per heavy atom. The van der Waals surface area contributed by atoms with Crippen molar-refractivity contribution in [1.29, 1.82) is 0 Å². The molecule has 0 spiro atoms. The van der Waals surface area contributed by atoms with Crippen LogP contribution in [-0.2, 0) is 4.79 Å². The maximum atomic E-state index is 12.1. The summed E-state index contributed by atoms with van der Waals surface area (Å²) >= 11 is 11.3. The van der Waals surface area contributed by atoms with Crippen LogP contribution in [-0.4, -0.2) is 34.0 Å². The minimum Gasteiger partial charge on any atom is -0.344 e. The number of carbonyl (C=O) groups excluding carboxylic acids is 1. The molecule has 3 rings (SSSR count). The highest BCUT2D eigenvalue weighted by molar-refractivity contribution is 7.71. The summed E-state index contributed by atoms with van der Waals surface area (Å²) in [6.45, 7) is 0.769. The fourth-order valence-corrected chi connectivity index (χ4v) is 2.96. The minimum atomic E-state index is -0.197. The van der Waals surface area contributed by atoms with Gasteiger partial charge in [-0.15, -0.1) is 0 Å². The largest absolute Gasteiger partial charge is 0.344 e. The number of amides is 1. The molecule has 94 valence electrons. The molecule has 1 aliphatic heterocycles. The molecule has 1 atom stereocenters. The first-order chi connectivity index (χ1) is 8.58. The topological polar surface area (TPSA) is 41.0 Å². The number of rotatable bonds is 1. The molecule has 2 aromatic rings. The standard InChI is InChI=1S/C12H12ClN3OS/c1-15-5-4-10(11(15)17)16-9-3-2-7(13)6-8(9)14-12(16)18/h2-3,6,10H,4-5H2,1H3,(H,14,18). The van der Waals surface area contributed by atoms with Gasteiger partial charge in [0.05, 0.1) is 11.0 Å². The molecule has 2 heterocycles. The van der Waals surface area contributed by atoms with E-state index in [1.54, 1.807) is 4.90 Å². The average Bonchev–Trinajstić information content (AvgIpc) is 2.80. The van der Waals surface area contributed by atoms with E-state index in [1.807, 2.05) is 29.8 Å². The number of likely N-dealkylation sites (tertiary alicyclic amines) is 1. The van der Waals surface area contributed by atoms with E-state index >= 15 is 0 Å². The second kappa shape index (κ2) is 4.10. The molecule has 1 aromatic carbocycles. The van der Waals surface area contributed by atoms with Crippen molar-refractivity contribution >= 4 is 40.8 Å². The molecule has 4 nitrogen and oxygen atoms in total. The number of hydrogen-bond donors (Lipinski definition) is 1. The summed E-state index contributed by atoms with van der Waals surface area (Å²) in [5.74, 6) is 0.113. The first-order valence-corrected chi connectivity index (χ1v) is 6.51. The van der Waals surface area contributed by atoms with Crippen LogP contribution in [0.2, 0.25) is 5.02 Å². The number of nitrogens with zero attached hydrogens (tertiary/aromatic N) is 2. The molecule has 0 aliphatic carbocycles. The lowest BCUT2D eigenvalue weighted by Crippen LogP contribution is -2.24. The summed E-state index contributed by atoms with van der Waals surface area (Å²) in [6, 6.07) is 5.34. The van der Waals surface area contributed by atoms with E-state index < -0.39 is 0 Å². The summed E-state index contributed by atoms with van der Waals surface area (Å²) in [5, 5.41) is 0.653. The quantitative estimate of drug-likeness (QED) is 0.817. The number of likely N-dealkylation sites (N-methyl/N-ethyl adjacent to an activating group) is 1. The number of carbonyl (C=O) groups is 1. The van der Waals surface area contributed by atoms with E-state index in [0.717, 1.165) is 24.0 Å². The zero-order valence-corrected chi connectivity index (χ0v) is 11.4. The average molecular weight is 282 g/mol. The number of aromatic nitrogens is 2. The zero-order valence-electron chi connectivity index (χ0n) is 9.81. The van der Waals surface area contributed by atoms with Crippen LogP contribution in [0.15, 0.2) is 18.2 Å². The van der Waals surface area contributed by atoms with Gasteiger partial charge in [-0.05, 0) is 36.8 Å². The lowest BCUT2D eigenvalue weighted by molar-refractivity contribution is -0.129. The van der Waals surface area contributed by atoms with Crippen molar-refractivity contribution in [1.82, 2.24) is 14.5 Å². The first kappa shape index (κ1) is 11.7. The molecular formula is C12H12ClN3OS. The molecule has 1 aromatic heterocycles. The minimum absolute atomic E-state index is 0.113. The van der Waals surface area contributed by atoms with Crippen LogP contribution < -0.4 is 0 Å². The van der Waals surface area contributed by atoms with Gasteiger partial charge in [-0.25, -0.2) is 0 Å². The lowest BCUT2D eigenvalue weighted by Gasteiger charge is -2.12. The summed E-state index contributed by atoms with van der Waals surface area (Å²) in [7, 11) is 1.82. The predicted octanol–water partition coefficient (Wildman–Crippen LogP) is 2.76. The van der Waals surface area contributed by atoms with E-state index in [1.165, 1.54) is 0 Å². The van der Waals surface area contributed by atoms with Gasteiger partial charge in [0, 0.05) is 18.6 Å². The molecule has 1 amide bonds. The van der Waals surface area contributed by atoms with Crippen molar-refractivity contribution in [3.05, 3.63) is 28.0 Å². The number of halogens is 1. The van der Waals surface area contributed by atoms with Gasteiger partial charge in [-0.1, -0.05) is 11.6 Å². The van der Waals surface area contributed by atoms with Gasteiger partial charge < -0.3 is 14.5 Å². The molecule has 18 heavy (non-hydrogen) atoms. The Morgan fingerprint density at radius 3 is 2.94 bits per heavy atom. The van der Waals surface area contributed by atoms with E-state index in [0.29, 0.717) is 9.79 Å². The fraction of sp³-hybridized carbons (Fsp3) is 0.333. The van der Waals surface area contributed by atoms with Crippen molar-refractivity contribution in [2.45, 2.75) is 12.5 Å². The smallest absolute Gasteiger partial charge is 0.245 e. The van der Waals surface area contributed by atoms with E-state index in [9.17, 15) is 4.79 Å². The van der Waals surface area contributed by atoms with E-state index in [4.69, 9.17) is 23.8 Å². The summed E-state index contributed by atoms with van der Waals surface area (Å²) in [6.07, 6.45) is 0.791. The first-order valence-electron chi connectivity index (χ1n) is 5.72. The summed E-state index contributed by atoms with van der Waals surface area (Å²) in [5.41, 5.74) is 1.80. The van der Waals surface area contributed by atoms with Crippen LogP contribution >= 0.6 is 23.8 Å². The van der Waals surface area contributed by atoms with Crippen LogP contribution in [0.5, 0.6) is 0 Å². The second-order valence-corrected chi connectivity index (χ2v) is 5.35. The molecule has 1 saturated heterocycles. The second-order valence-electron chi connectivity index (χ2n) is 4.53. The molecule has 1 aliphatic rings. The SMILES string of the molecule is CN1CCC(n2c(=S)[nH]c3cc(Cl)ccc32)C1=O. The highest BCUT2D eigenvalue weighted by Gasteiger charge is 2.31. The maximum absolute atomic E-state index is 12.1. The Hall–Kier alpha value is -1.33. The monoisotopic (exact) mass is 281 g/mol. The summed E-state index contributed by atoms with van der Waals surface area (Å²) < 4.78 is 2.47. The molecule has 6 heteroatoms. The number of H-pyrrole nitrogens is 1. The van der Waals surface area contributed by atoms with Crippen molar-refractivity contribution in [3.63, 3.8) is 0 Å². The molecule has 0 saturated carbocycles. The predicted molar refractivity (Wildman–Crippen MR) is 73.4 cm³/mol. The van der Waals surface area contributed by atoms with Crippen LogP contribution in [0.4, 0.5) is 0 Å². The Labute approximate surface area is 114 Å². The Balaban J connectivity index is 2.20. The van der Waals surface area contributed by atoms with Gasteiger partial charge in [0.2, 0.25) is 5.91 Å². The van der Waals surface area contributed by atoms with Crippen molar-refractivity contribution in [2.75, 3.05) is 13.6 Å². The van der Waals surface area contributed by atoms with Gasteiger partial charge in [0.15, 0.2) is 4.77 Å². The Bertz CT molecular complexity index is 690. The summed E-state index contributed by atoms with van der Waals surface area (Å²) in [4.78, 5) is 16.9. The third-order valence-corrected chi connectivity index (χ3v) is 3.92. The normalized spacial score (nSPS) is 20.0. The van der Waals surface area contributed by atoms with Crippen LogP contribution in [0.3, 0.4) is 0 Å². The molecule has 1 fully saturated rings. The third kappa shape index (κ3) is 1.66. The number of aromatic amines is 1. The number of nitrogens with one attached hydrogen (secondary N) is 1. The number of benzene rings is 1. The molecule has 0 radical (unpaired) electrons. The molecule has 1 unspecified atom stereocenters. The highest BCUT2D eigenvalue weighted by atomic mass is 35.5. The molecular weight excluding hydrogens is 270 g/mol. The highest BCUT2D eigenvalue weighted by Crippen LogP contribution is 2.28. The van der Waals surface area contributed by atoms with Gasteiger partial charge >= 0.3 is 0 Å². The fourth-order valence-electron chi connectivity index (χ4n) is 2.46. The third-order valence-electron chi connectivity index (χ3n) is 3.39. The number of imidazole rings is 1. The van der Waals surface area contributed by atoms with Crippen LogP contribution in [0.1, 0.15) is 12.5 Å². The molecule has 1 N–H and O–H groups in total. The van der Waals surface area contributed by atoms with Crippen molar-refractivity contribution < 1.29 is 4.79 Å². The van der Waals surface area contributed by atoms with Gasteiger partial charge in [0.1, 0.15) is 6.04 Å². The van der Waals surface area contributed by atoms with Crippen molar-refractivity contribution in [3.8, 4) is 0 Å². The zero-order chi connectivity index (χ0) is 12.9. The van der Waals surface area contributed by atoms with Gasteiger partial charge in [-0.3, -0.25) is 4.79 Å². The van der Waals surface area contributed by atoms with Gasteiger partial charge in [-0.2, -0.15) is 0 Å². The van der Waals surface area contributed by atoms with Crippen molar-refractivity contribution in [2.24, 2.45) is 0 Å². The van der Waals surface area contributed by atoms with E-state index in [-0.39, 0.29) is 11.9 Å². The number of fused-ring (bicyclic) bond motifs is 1. The van der Waals surface area contributed by atoms with E-state index in [2.05, 4.69) is 4.98 Å².